The first kappa shape index (κ1) is 17.2. The van der Waals surface area contributed by atoms with E-state index in [4.69, 9.17) is 0 Å². The molecule has 4 heteroatoms. The molecule has 2 N–H and O–H groups in total. The third-order valence-electron chi connectivity index (χ3n) is 4.52. The standard InChI is InChI=1S/C21H24N2O2/c1-16-13-23(20-10-6-5-9-19(16)20)14-21(25)22-12-18(15-24)11-17-7-3-2-4-8-17/h2-10,13,18,24H,11-12,14-15H2,1H3,(H,22,25)/t18-/m0/s1. The number of nitrogens with one attached hydrogen (secondary N) is 1. The van der Waals surface area contributed by atoms with E-state index in [1.807, 2.05) is 59.3 Å². The summed E-state index contributed by atoms with van der Waals surface area (Å²) in [5.41, 5.74) is 3.40. The summed E-state index contributed by atoms with van der Waals surface area (Å²) in [5, 5.41) is 13.7. The van der Waals surface area contributed by atoms with Gasteiger partial charge in [0.2, 0.25) is 5.91 Å². The number of aliphatic hydroxyl groups is 1. The molecule has 0 unspecified atom stereocenters. The Bertz CT molecular complexity index is 839. The van der Waals surface area contributed by atoms with Gasteiger partial charge in [0.05, 0.1) is 0 Å². The van der Waals surface area contributed by atoms with Crippen LogP contribution in [0.4, 0.5) is 0 Å². The molecule has 4 nitrogen and oxygen atoms in total. The van der Waals surface area contributed by atoms with Gasteiger partial charge in [0.15, 0.2) is 0 Å². The molecular weight excluding hydrogens is 312 g/mol. The van der Waals surface area contributed by atoms with Crippen molar-refractivity contribution in [3.63, 3.8) is 0 Å². The Labute approximate surface area is 148 Å². The number of fused-ring (bicyclic) bond motifs is 1. The lowest BCUT2D eigenvalue weighted by atomic mass is 10.00. The van der Waals surface area contributed by atoms with E-state index in [1.54, 1.807) is 0 Å². The van der Waals surface area contributed by atoms with Crippen molar-refractivity contribution < 1.29 is 9.90 Å². The fraction of sp³-hybridized carbons (Fsp3) is 0.286. The highest BCUT2D eigenvalue weighted by molar-refractivity contribution is 5.85. The highest BCUT2D eigenvalue weighted by atomic mass is 16.3. The molecule has 25 heavy (non-hydrogen) atoms. The van der Waals surface area contributed by atoms with Crippen molar-refractivity contribution in [2.45, 2.75) is 19.9 Å². The lowest BCUT2D eigenvalue weighted by Crippen LogP contribution is -2.34. The number of benzene rings is 2. The van der Waals surface area contributed by atoms with Crippen LogP contribution in [0.25, 0.3) is 10.9 Å². The highest BCUT2D eigenvalue weighted by Gasteiger charge is 2.12. The predicted molar refractivity (Wildman–Crippen MR) is 100 cm³/mol. The summed E-state index contributed by atoms with van der Waals surface area (Å²) in [5.74, 6) is -0.0123. The van der Waals surface area contributed by atoms with Crippen LogP contribution in [0.2, 0.25) is 0 Å². The fourth-order valence-corrected chi connectivity index (χ4v) is 3.18. The molecule has 0 saturated carbocycles. The molecule has 1 amide bonds. The van der Waals surface area contributed by atoms with Crippen molar-refractivity contribution in [1.29, 1.82) is 0 Å². The number of para-hydroxylation sites is 1. The van der Waals surface area contributed by atoms with Crippen LogP contribution in [0.15, 0.2) is 60.8 Å². The summed E-state index contributed by atoms with van der Waals surface area (Å²) in [6.45, 7) is 2.87. The second kappa shape index (κ2) is 7.99. The van der Waals surface area contributed by atoms with Gasteiger partial charge in [-0.3, -0.25) is 4.79 Å². The predicted octanol–water partition coefficient (Wildman–Crippen LogP) is 2.92. The molecule has 3 rings (SSSR count). The topological polar surface area (TPSA) is 54.3 Å². The van der Waals surface area contributed by atoms with Crippen molar-refractivity contribution in [2.24, 2.45) is 5.92 Å². The number of aryl methyl sites for hydroxylation is 1. The van der Waals surface area contributed by atoms with E-state index in [2.05, 4.69) is 18.3 Å². The van der Waals surface area contributed by atoms with Gasteiger partial charge in [-0.15, -0.1) is 0 Å². The Morgan fingerprint density at radius 2 is 1.84 bits per heavy atom. The Kier molecular flexibility index (Phi) is 5.51. The van der Waals surface area contributed by atoms with Crippen LogP contribution in [0, 0.1) is 12.8 Å². The Hall–Kier alpha value is -2.59. The monoisotopic (exact) mass is 336 g/mol. The minimum Gasteiger partial charge on any atom is -0.396 e. The van der Waals surface area contributed by atoms with Gasteiger partial charge in [0, 0.05) is 36.2 Å². The first-order valence-corrected chi connectivity index (χ1v) is 8.63. The van der Waals surface area contributed by atoms with Crippen LogP contribution in [0.1, 0.15) is 11.1 Å². The average Bonchev–Trinajstić information content (AvgIpc) is 2.95. The maximum atomic E-state index is 12.3. The fourth-order valence-electron chi connectivity index (χ4n) is 3.18. The van der Waals surface area contributed by atoms with E-state index in [1.165, 1.54) is 16.5 Å². The molecule has 1 aromatic heterocycles. The van der Waals surface area contributed by atoms with Gasteiger partial charge in [-0.05, 0) is 30.5 Å². The van der Waals surface area contributed by atoms with Crippen LogP contribution in [0.3, 0.4) is 0 Å². The highest BCUT2D eigenvalue weighted by Crippen LogP contribution is 2.20. The van der Waals surface area contributed by atoms with Crippen molar-refractivity contribution in [3.8, 4) is 0 Å². The number of nitrogens with zero attached hydrogens (tertiary/aromatic N) is 1. The van der Waals surface area contributed by atoms with Crippen molar-refractivity contribution in [3.05, 3.63) is 71.9 Å². The van der Waals surface area contributed by atoms with Gasteiger partial charge in [-0.2, -0.15) is 0 Å². The molecule has 0 aliphatic rings. The Balaban J connectivity index is 1.58. The Morgan fingerprint density at radius 3 is 2.60 bits per heavy atom. The molecule has 0 fully saturated rings. The molecular formula is C21H24N2O2. The molecule has 0 bridgehead atoms. The van der Waals surface area contributed by atoms with E-state index in [9.17, 15) is 9.90 Å². The van der Waals surface area contributed by atoms with Crippen LogP contribution in [-0.4, -0.2) is 28.7 Å². The molecule has 1 heterocycles. The number of hydrogen-bond donors (Lipinski definition) is 2. The van der Waals surface area contributed by atoms with Crippen molar-refractivity contribution in [2.75, 3.05) is 13.2 Å². The number of carbonyl (C=O) groups is 1. The third-order valence-corrected chi connectivity index (χ3v) is 4.52. The average molecular weight is 336 g/mol. The quantitative estimate of drug-likeness (QED) is 0.697. The van der Waals surface area contributed by atoms with Crippen LogP contribution in [-0.2, 0) is 17.8 Å². The summed E-state index contributed by atoms with van der Waals surface area (Å²) in [7, 11) is 0. The molecule has 3 aromatic rings. The zero-order chi connectivity index (χ0) is 17.6. The van der Waals surface area contributed by atoms with E-state index in [-0.39, 0.29) is 25.0 Å². The number of amides is 1. The number of aliphatic hydroxyl groups excluding tert-OH is 1. The maximum absolute atomic E-state index is 12.3. The van der Waals surface area contributed by atoms with Gasteiger partial charge < -0.3 is 15.0 Å². The SMILES string of the molecule is Cc1cn(CC(=O)NC[C@@H](CO)Cc2ccccc2)c2ccccc12. The Morgan fingerprint density at radius 1 is 1.12 bits per heavy atom. The van der Waals surface area contributed by atoms with Gasteiger partial charge in [0.25, 0.3) is 0 Å². The minimum atomic E-state index is -0.0349. The summed E-state index contributed by atoms with van der Waals surface area (Å²) >= 11 is 0. The van der Waals surface area contributed by atoms with Crippen LogP contribution in [0.5, 0.6) is 0 Å². The summed E-state index contributed by atoms with van der Waals surface area (Å²) < 4.78 is 1.98. The van der Waals surface area contributed by atoms with E-state index < -0.39 is 0 Å². The third kappa shape index (κ3) is 4.28. The molecule has 0 radical (unpaired) electrons. The molecule has 130 valence electrons. The summed E-state index contributed by atoms with van der Waals surface area (Å²) in [6.07, 6.45) is 2.76. The van der Waals surface area contributed by atoms with Gasteiger partial charge in [-0.25, -0.2) is 0 Å². The molecule has 0 aliphatic carbocycles. The lowest BCUT2D eigenvalue weighted by molar-refractivity contribution is -0.121. The van der Waals surface area contributed by atoms with Gasteiger partial charge >= 0.3 is 0 Å². The van der Waals surface area contributed by atoms with Gasteiger partial charge in [0.1, 0.15) is 6.54 Å². The number of carbonyl (C=O) groups excluding carboxylic acids is 1. The zero-order valence-electron chi connectivity index (χ0n) is 14.5. The maximum Gasteiger partial charge on any atom is 0.239 e. The van der Waals surface area contributed by atoms with Crippen LogP contribution < -0.4 is 5.32 Å². The molecule has 0 spiro atoms. The largest absolute Gasteiger partial charge is 0.396 e. The number of hydrogen-bond acceptors (Lipinski definition) is 2. The van der Waals surface area contributed by atoms with E-state index in [0.29, 0.717) is 6.54 Å². The van der Waals surface area contributed by atoms with Crippen molar-refractivity contribution >= 4 is 16.8 Å². The number of rotatable bonds is 7. The second-order valence-electron chi connectivity index (χ2n) is 6.50. The first-order valence-electron chi connectivity index (χ1n) is 8.63. The molecule has 1 atom stereocenters. The lowest BCUT2D eigenvalue weighted by Gasteiger charge is -2.15. The first-order chi connectivity index (χ1) is 12.2. The van der Waals surface area contributed by atoms with Gasteiger partial charge in [-0.1, -0.05) is 48.5 Å². The smallest absolute Gasteiger partial charge is 0.239 e. The molecule has 0 saturated heterocycles. The van der Waals surface area contributed by atoms with E-state index in [0.717, 1.165) is 11.9 Å². The second-order valence-corrected chi connectivity index (χ2v) is 6.50. The van der Waals surface area contributed by atoms with Crippen LogP contribution >= 0.6 is 0 Å². The molecule has 0 aliphatic heterocycles. The normalized spacial score (nSPS) is 12.2. The van der Waals surface area contributed by atoms with Crippen molar-refractivity contribution in [1.82, 2.24) is 9.88 Å². The molecule has 2 aromatic carbocycles. The summed E-state index contributed by atoms with van der Waals surface area (Å²) in [6, 6.07) is 18.1. The minimum absolute atomic E-state index is 0.0227. The number of aromatic nitrogens is 1. The summed E-state index contributed by atoms with van der Waals surface area (Å²) in [4.78, 5) is 12.3. The zero-order valence-corrected chi connectivity index (χ0v) is 14.5. The van der Waals surface area contributed by atoms with E-state index >= 15 is 0 Å².